The molecule has 1 unspecified atom stereocenters. The summed E-state index contributed by atoms with van der Waals surface area (Å²) in [4.78, 5) is 13.3. The molecular formula is C10H19BrN2O2S. The van der Waals surface area contributed by atoms with E-state index in [1.165, 1.54) is 24.6 Å². The van der Waals surface area contributed by atoms with Crippen LogP contribution in [0.2, 0.25) is 0 Å². The second-order valence-corrected chi connectivity index (χ2v) is 4.59. The molecule has 0 aliphatic heterocycles. The number of hydrogen-bond acceptors (Lipinski definition) is 3. The van der Waals surface area contributed by atoms with Gasteiger partial charge < -0.3 is 10.8 Å². The summed E-state index contributed by atoms with van der Waals surface area (Å²) in [7, 11) is 0. The van der Waals surface area contributed by atoms with Crippen LogP contribution in [0.4, 0.5) is 0 Å². The summed E-state index contributed by atoms with van der Waals surface area (Å²) in [5.41, 5.74) is 5.54. The molecule has 16 heavy (non-hydrogen) atoms. The summed E-state index contributed by atoms with van der Waals surface area (Å²) in [5, 5.41) is 8.81. The third-order valence-corrected chi connectivity index (χ3v) is 2.90. The summed E-state index contributed by atoms with van der Waals surface area (Å²) >= 11 is 4.13. The Hall–Kier alpha value is -0.490. The molecule has 0 rings (SSSR count). The van der Waals surface area contributed by atoms with Crippen LogP contribution in [0.3, 0.4) is 0 Å². The first-order chi connectivity index (χ1) is 7.40. The van der Waals surface area contributed by atoms with Gasteiger partial charge in [0, 0.05) is 0 Å². The molecule has 0 saturated carbocycles. The van der Waals surface area contributed by atoms with Crippen LogP contribution in [0.15, 0.2) is 17.3 Å². The van der Waals surface area contributed by atoms with Gasteiger partial charge in [-0.15, -0.1) is 0 Å². The van der Waals surface area contributed by atoms with Crippen LogP contribution in [-0.2, 0) is 4.79 Å². The van der Waals surface area contributed by atoms with Gasteiger partial charge in [-0.25, -0.2) is 4.99 Å². The highest BCUT2D eigenvalue weighted by atomic mass is 79.9. The lowest BCUT2D eigenvalue weighted by Crippen LogP contribution is -2.16. The summed E-state index contributed by atoms with van der Waals surface area (Å²) in [6, 6.07) is 0. The number of halogens is 1. The fourth-order valence-corrected chi connectivity index (χ4v) is 0.697. The van der Waals surface area contributed by atoms with Crippen molar-refractivity contribution in [1.29, 1.82) is 0 Å². The molecule has 0 heterocycles. The number of nitrogens with zero attached hydrogens (tertiary/aromatic N) is 1. The Morgan fingerprint density at radius 2 is 2.00 bits per heavy atom. The van der Waals surface area contributed by atoms with Crippen LogP contribution in [0.1, 0.15) is 26.7 Å². The molecule has 0 fully saturated rings. The fraction of sp³-hybridized carbons (Fsp3) is 0.600. The molecule has 1 atom stereocenters. The van der Waals surface area contributed by atoms with E-state index in [0.29, 0.717) is 5.17 Å². The van der Waals surface area contributed by atoms with Crippen LogP contribution in [0, 0.1) is 0 Å². The lowest BCUT2D eigenvalue weighted by molar-refractivity contribution is -0.135. The molecule has 0 radical (unpaired) electrons. The Morgan fingerprint density at radius 1 is 1.56 bits per heavy atom. The van der Waals surface area contributed by atoms with E-state index in [9.17, 15) is 4.79 Å². The zero-order valence-corrected chi connectivity index (χ0v) is 12.3. The number of amidine groups is 1. The predicted octanol–water partition coefficient (Wildman–Crippen LogP) is 2.83. The normalized spacial score (nSPS) is 12.4. The van der Waals surface area contributed by atoms with Crippen LogP contribution < -0.4 is 5.73 Å². The maximum absolute atomic E-state index is 10.4. The maximum atomic E-state index is 10.4. The molecule has 0 aromatic rings. The number of carbonyl (C=O) groups is 1. The number of thioether (sulfide) groups is 1. The zero-order valence-electron chi connectivity index (χ0n) is 9.86. The van der Waals surface area contributed by atoms with E-state index in [1.54, 1.807) is 6.26 Å². The largest absolute Gasteiger partial charge is 0.480 e. The number of rotatable bonds is 4. The standard InChI is InChI=1S/C6H9BrN2O2S.C4H10/c1-3(4(7)5(10)11)9-6(8)12-2;1-3-4-2/h4H,1H2,2H3,(H2,8,9)(H,10,11);3-4H2,1-2H3. The molecule has 0 amide bonds. The summed E-state index contributed by atoms with van der Waals surface area (Å²) in [6.45, 7) is 7.82. The molecule has 4 nitrogen and oxygen atoms in total. The van der Waals surface area contributed by atoms with Gasteiger partial charge in [0.25, 0.3) is 0 Å². The van der Waals surface area contributed by atoms with Gasteiger partial charge in [-0.1, -0.05) is 61.0 Å². The molecule has 0 aliphatic rings. The first kappa shape index (κ1) is 17.9. The van der Waals surface area contributed by atoms with Crippen LogP contribution >= 0.6 is 27.7 Å². The highest BCUT2D eigenvalue weighted by Gasteiger charge is 2.16. The van der Waals surface area contributed by atoms with Gasteiger partial charge in [0.2, 0.25) is 0 Å². The number of alkyl halides is 1. The number of carboxylic acids is 1. The van der Waals surface area contributed by atoms with Crippen LogP contribution in [0.5, 0.6) is 0 Å². The second kappa shape index (κ2) is 11.0. The Bertz CT molecular complexity index is 255. The summed E-state index contributed by atoms with van der Waals surface area (Å²) in [6.07, 6.45) is 4.39. The molecule has 94 valence electrons. The van der Waals surface area contributed by atoms with Gasteiger partial charge in [-0.2, -0.15) is 0 Å². The first-order valence-corrected chi connectivity index (χ1v) is 6.98. The Kier molecular flexibility index (Phi) is 12.3. The molecule has 0 aromatic heterocycles. The third-order valence-electron chi connectivity index (χ3n) is 1.47. The monoisotopic (exact) mass is 310 g/mol. The number of carboxylic acid groups (broad SMARTS) is 1. The van der Waals surface area contributed by atoms with Gasteiger partial charge in [0.1, 0.15) is 0 Å². The molecule has 0 spiro atoms. The Labute approximate surface area is 110 Å². The summed E-state index contributed by atoms with van der Waals surface area (Å²) < 4.78 is 0. The van der Waals surface area contributed by atoms with Crippen LogP contribution in [-0.4, -0.2) is 27.3 Å². The third kappa shape index (κ3) is 10.0. The molecule has 3 N–H and O–H groups in total. The van der Waals surface area contributed by atoms with Crippen molar-refractivity contribution in [3.8, 4) is 0 Å². The minimum Gasteiger partial charge on any atom is -0.480 e. The molecular weight excluding hydrogens is 292 g/mol. The zero-order chi connectivity index (χ0) is 13.1. The maximum Gasteiger partial charge on any atom is 0.323 e. The van der Waals surface area contributed by atoms with Gasteiger partial charge in [0.05, 0.1) is 5.70 Å². The van der Waals surface area contributed by atoms with Crippen molar-refractivity contribution in [2.75, 3.05) is 6.26 Å². The molecule has 6 heteroatoms. The number of nitrogens with two attached hydrogens (primary N) is 1. The van der Waals surface area contributed by atoms with Crippen molar-refractivity contribution in [1.82, 2.24) is 0 Å². The minimum absolute atomic E-state index is 0.189. The van der Waals surface area contributed by atoms with E-state index in [4.69, 9.17) is 10.8 Å². The lowest BCUT2D eigenvalue weighted by atomic mass is 10.3. The van der Waals surface area contributed by atoms with E-state index < -0.39 is 10.8 Å². The van der Waals surface area contributed by atoms with E-state index in [-0.39, 0.29) is 5.70 Å². The van der Waals surface area contributed by atoms with Gasteiger partial charge in [0.15, 0.2) is 9.99 Å². The van der Waals surface area contributed by atoms with Crippen LogP contribution in [0.25, 0.3) is 0 Å². The average Bonchev–Trinajstić information content (AvgIpc) is 2.27. The number of aliphatic imine (C=N–C) groups is 1. The Balaban J connectivity index is 0. The average molecular weight is 311 g/mol. The van der Waals surface area contributed by atoms with E-state index >= 15 is 0 Å². The minimum atomic E-state index is -1.03. The Morgan fingerprint density at radius 3 is 2.25 bits per heavy atom. The lowest BCUT2D eigenvalue weighted by Gasteiger charge is -2.03. The SMILES string of the molecule is C=C(N=C(N)SC)C(Br)C(=O)O.CCCC. The molecule has 0 saturated heterocycles. The van der Waals surface area contributed by atoms with Crippen molar-refractivity contribution in [2.45, 2.75) is 31.5 Å². The van der Waals surface area contributed by atoms with Gasteiger partial charge >= 0.3 is 5.97 Å². The predicted molar refractivity (Wildman–Crippen MR) is 75.2 cm³/mol. The van der Waals surface area contributed by atoms with Crippen molar-refractivity contribution in [3.63, 3.8) is 0 Å². The first-order valence-electron chi connectivity index (χ1n) is 4.84. The van der Waals surface area contributed by atoms with E-state index in [2.05, 4.69) is 41.3 Å². The summed E-state index contributed by atoms with van der Waals surface area (Å²) in [5.74, 6) is -1.03. The van der Waals surface area contributed by atoms with Gasteiger partial charge in [-0.05, 0) is 6.26 Å². The topological polar surface area (TPSA) is 75.7 Å². The number of unbranched alkanes of at least 4 members (excludes halogenated alkanes) is 1. The van der Waals surface area contributed by atoms with Crippen molar-refractivity contribution >= 4 is 38.8 Å². The molecule has 0 aromatic carbocycles. The highest BCUT2D eigenvalue weighted by molar-refractivity contribution is 9.10. The molecule has 0 bridgehead atoms. The molecule has 0 aliphatic carbocycles. The highest BCUT2D eigenvalue weighted by Crippen LogP contribution is 2.12. The van der Waals surface area contributed by atoms with Crippen molar-refractivity contribution < 1.29 is 9.90 Å². The van der Waals surface area contributed by atoms with E-state index in [1.807, 2.05) is 0 Å². The van der Waals surface area contributed by atoms with Gasteiger partial charge in [-0.3, -0.25) is 4.79 Å². The van der Waals surface area contributed by atoms with Crippen molar-refractivity contribution in [2.24, 2.45) is 10.7 Å². The quantitative estimate of drug-likeness (QED) is 0.475. The smallest absolute Gasteiger partial charge is 0.323 e. The number of hydrogen-bond donors (Lipinski definition) is 2. The second-order valence-electron chi connectivity index (χ2n) is 2.85. The van der Waals surface area contributed by atoms with E-state index in [0.717, 1.165) is 0 Å². The van der Waals surface area contributed by atoms with Crippen molar-refractivity contribution in [3.05, 3.63) is 12.3 Å². The number of aliphatic carboxylic acids is 1. The fourth-order valence-electron chi connectivity index (χ4n) is 0.386.